The number of carbonyl (C=O) groups is 1. The molecule has 0 saturated carbocycles. The van der Waals surface area contributed by atoms with Gasteiger partial charge in [0.15, 0.2) is 11.8 Å². The van der Waals surface area contributed by atoms with Crippen LogP contribution in [0.1, 0.15) is 18.1 Å². The van der Waals surface area contributed by atoms with Crippen molar-refractivity contribution in [3.05, 3.63) is 53.6 Å². The van der Waals surface area contributed by atoms with Crippen molar-refractivity contribution < 1.29 is 17.9 Å². The highest BCUT2D eigenvalue weighted by atomic mass is 32.2. The minimum atomic E-state index is -3.56. The van der Waals surface area contributed by atoms with Crippen molar-refractivity contribution >= 4 is 38.5 Å². The van der Waals surface area contributed by atoms with Gasteiger partial charge in [0, 0.05) is 25.9 Å². The quantitative estimate of drug-likeness (QED) is 0.657. The van der Waals surface area contributed by atoms with Gasteiger partial charge in [0.05, 0.1) is 10.6 Å². The summed E-state index contributed by atoms with van der Waals surface area (Å²) in [4.78, 5) is 19.2. The minimum Gasteiger partial charge on any atom is -0.483 e. The molecule has 0 radical (unpaired) electrons. The van der Waals surface area contributed by atoms with E-state index in [0.717, 1.165) is 15.4 Å². The van der Waals surface area contributed by atoms with Crippen LogP contribution in [0.2, 0.25) is 0 Å². The predicted molar refractivity (Wildman–Crippen MR) is 125 cm³/mol. The van der Waals surface area contributed by atoms with E-state index < -0.39 is 10.0 Å². The minimum absolute atomic E-state index is 0.0916. The number of carbonyl (C=O) groups excluding carboxylic acids is 1. The summed E-state index contributed by atoms with van der Waals surface area (Å²) in [6.07, 6.45) is 0. The van der Waals surface area contributed by atoms with Crippen LogP contribution in [0.5, 0.6) is 5.75 Å². The van der Waals surface area contributed by atoms with Gasteiger partial charge in [-0.25, -0.2) is 17.7 Å². The number of rotatable bonds is 6. The summed E-state index contributed by atoms with van der Waals surface area (Å²) in [7, 11) is -0.594. The molecule has 1 heterocycles. The number of aliphatic imine (C=N–C) groups is 1. The van der Waals surface area contributed by atoms with Crippen LogP contribution >= 0.6 is 11.8 Å². The molecule has 0 spiro atoms. The average molecular weight is 462 g/mol. The molecule has 7 nitrogen and oxygen atoms in total. The van der Waals surface area contributed by atoms with Gasteiger partial charge >= 0.3 is 0 Å². The molecule has 3 rings (SSSR count). The predicted octanol–water partition coefficient (Wildman–Crippen LogP) is 3.58. The monoisotopic (exact) mass is 461 g/mol. The molecule has 2 aromatic carbocycles. The van der Waals surface area contributed by atoms with Gasteiger partial charge in [-0.1, -0.05) is 36.9 Å². The lowest BCUT2D eigenvalue weighted by Crippen LogP contribution is -2.36. The Labute approximate surface area is 188 Å². The van der Waals surface area contributed by atoms with Crippen LogP contribution in [0.25, 0.3) is 0 Å². The number of amides is 1. The number of hydrogen-bond acceptors (Lipinski definition) is 6. The first-order valence-electron chi connectivity index (χ1n) is 9.86. The lowest BCUT2D eigenvalue weighted by molar-refractivity contribution is -0.129. The number of hydrogen-bond donors (Lipinski definition) is 0. The summed E-state index contributed by atoms with van der Waals surface area (Å²) in [5.41, 5.74) is 2.51. The first-order chi connectivity index (χ1) is 14.6. The maximum Gasteiger partial charge on any atom is 0.266 e. The summed E-state index contributed by atoms with van der Waals surface area (Å²) >= 11 is 1.48. The lowest BCUT2D eigenvalue weighted by atomic mass is 10.1. The standard InChI is InChI=1S/C22H27N3O4S2/c1-15-9-10-16(2)20(11-15)29-14-21(26)25-13-17(3)30-22(25)23-18-7-6-8-19(12-18)31(27,28)24(4)5/h6-12,17H,13-14H2,1-5H3. The Kier molecular flexibility index (Phi) is 7.08. The van der Waals surface area contributed by atoms with E-state index in [9.17, 15) is 13.2 Å². The van der Waals surface area contributed by atoms with Gasteiger partial charge in [0.2, 0.25) is 10.0 Å². The van der Waals surface area contributed by atoms with E-state index in [1.165, 1.54) is 38.0 Å². The summed E-state index contributed by atoms with van der Waals surface area (Å²) in [5.74, 6) is 0.502. The van der Waals surface area contributed by atoms with Crippen molar-refractivity contribution in [2.75, 3.05) is 27.2 Å². The Balaban J connectivity index is 1.80. The smallest absolute Gasteiger partial charge is 0.266 e. The normalized spacial score (nSPS) is 18.1. The van der Waals surface area contributed by atoms with Gasteiger partial charge in [-0.3, -0.25) is 9.69 Å². The highest BCUT2D eigenvalue weighted by molar-refractivity contribution is 8.14. The number of benzene rings is 2. The van der Waals surface area contributed by atoms with Crippen LogP contribution in [0.4, 0.5) is 5.69 Å². The van der Waals surface area contributed by atoms with E-state index in [-0.39, 0.29) is 22.7 Å². The zero-order valence-electron chi connectivity index (χ0n) is 18.3. The third-order valence-electron chi connectivity index (χ3n) is 4.79. The van der Waals surface area contributed by atoms with Gasteiger partial charge in [-0.05, 0) is 49.2 Å². The molecule has 1 saturated heterocycles. The third-order valence-corrected chi connectivity index (χ3v) is 7.68. The van der Waals surface area contributed by atoms with E-state index in [1.54, 1.807) is 17.0 Å². The Morgan fingerprint density at radius 2 is 1.97 bits per heavy atom. The van der Waals surface area contributed by atoms with Crippen molar-refractivity contribution in [2.24, 2.45) is 4.99 Å². The lowest BCUT2D eigenvalue weighted by Gasteiger charge is -2.17. The molecular weight excluding hydrogens is 434 g/mol. The molecule has 31 heavy (non-hydrogen) atoms. The molecule has 2 aromatic rings. The molecule has 1 aliphatic rings. The fourth-order valence-electron chi connectivity index (χ4n) is 3.03. The van der Waals surface area contributed by atoms with Crippen molar-refractivity contribution in [3.63, 3.8) is 0 Å². The molecule has 0 aliphatic carbocycles. The number of amidine groups is 1. The fourth-order valence-corrected chi connectivity index (χ4v) is 5.01. The second kappa shape index (κ2) is 9.42. The summed E-state index contributed by atoms with van der Waals surface area (Å²) in [6, 6.07) is 12.3. The van der Waals surface area contributed by atoms with Crippen LogP contribution in [-0.2, 0) is 14.8 Å². The molecule has 0 bridgehead atoms. The van der Waals surface area contributed by atoms with Crippen molar-refractivity contribution in [2.45, 2.75) is 30.9 Å². The van der Waals surface area contributed by atoms with Crippen LogP contribution in [0.15, 0.2) is 52.4 Å². The van der Waals surface area contributed by atoms with Gasteiger partial charge in [-0.15, -0.1) is 0 Å². The molecule has 1 unspecified atom stereocenters. The molecule has 0 N–H and O–H groups in total. The zero-order valence-corrected chi connectivity index (χ0v) is 20.0. The van der Waals surface area contributed by atoms with Crippen LogP contribution < -0.4 is 4.74 Å². The van der Waals surface area contributed by atoms with Crippen molar-refractivity contribution in [1.82, 2.24) is 9.21 Å². The molecule has 1 amide bonds. The van der Waals surface area contributed by atoms with E-state index in [0.29, 0.717) is 23.1 Å². The average Bonchev–Trinajstić information content (AvgIpc) is 3.08. The van der Waals surface area contributed by atoms with E-state index in [4.69, 9.17) is 4.74 Å². The van der Waals surface area contributed by atoms with Gasteiger partial charge in [-0.2, -0.15) is 0 Å². The zero-order chi connectivity index (χ0) is 22.8. The maximum atomic E-state index is 12.9. The number of nitrogens with zero attached hydrogens (tertiary/aromatic N) is 3. The first-order valence-corrected chi connectivity index (χ1v) is 12.2. The van der Waals surface area contributed by atoms with Crippen LogP contribution in [0.3, 0.4) is 0 Å². The maximum absolute atomic E-state index is 12.9. The Morgan fingerprint density at radius 3 is 2.68 bits per heavy atom. The molecule has 1 fully saturated rings. The molecule has 0 aromatic heterocycles. The SMILES string of the molecule is Cc1ccc(C)c(OCC(=O)N2CC(C)SC2=Nc2cccc(S(=O)(=O)N(C)C)c2)c1. The molecule has 1 atom stereocenters. The molecule has 166 valence electrons. The molecule has 9 heteroatoms. The van der Waals surface area contributed by atoms with Crippen molar-refractivity contribution in [3.8, 4) is 5.75 Å². The number of ether oxygens (including phenoxy) is 1. The Bertz CT molecular complexity index is 1110. The largest absolute Gasteiger partial charge is 0.483 e. The summed E-state index contributed by atoms with van der Waals surface area (Å²) in [6.45, 7) is 6.36. The van der Waals surface area contributed by atoms with E-state index in [2.05, 4.69) is 4.99 Å². The number of thioether (sulfide) groups is 1. The number of sulfonamides is 1. The Hall–Kier alpha value is -2.36. The second-order valence-corrected chi connectivity index (χ2v) is 11.2. The number of aryl methyl sites for hydroxylation is 2. The van der Waals surface area contributed by atoms with Crippen LogP contribution in [-0.4, -0.2) is 61.2 Å². The second-order valence-electron chi connectivity index (χ2n) is 7.67. The summed E-state index contributed by atoms with van der Waals surface area (Å²) in [5, 5.41) is 0.721. The molecule has 1 aliphatic heterocycles. The van der Waals surface area contributed by atoms with Gasteiger partial charge < -0.3 is 4.74 Å². The fraction of sp³-hybridized carbons (Fsp3) is 0.364. The van der Waals surface area contributed by atoms with E-state index in [1.807, 2.05) is 39.0 Å². The summed E-state index contributed by atoms with van der Waals surface area (Å²) < 4.78 is 31.8. The highest BCUT2D eigenvalue weighted by Crippen LogP contribution is 2.29. The van der Waals surface area contributed by atoms with Gasteiger partial charge in [0.1, 0.15) is 5.75 Å². The highest BCUT2D eigenvalue weighted by Gasteiger charge is 2.31. The van der Waals surface area contributed by atoms with Crippen LogP contribution in [0, 0.1) is 13.8 Å². The van der Waals surface area contributed by atoms with E-state index >= 15 is 0 Å². The first kappa shape index (κ1) is 23.3. The topological polar surface area (TPSA) is 79.3 Å². The van der Waals surface area contributed by atoms with Gasteiger partial charge in [0.25, 0.3) is 5.91 Å². The molecular formula is C22H27N3O4S2. The third kappa shape index (κ3) is 5.47. The Morgan fingerprint density at radius 1 is 1.23 bits per heavy atom. The van der Waals surface area contributed by atoms with Crippen molar-refractivity contribution in [1.29, 1.82) is 0 Å².